The SMILES string of the molecule is CN1CCC(C(=O)O)(C(=O)OC(C)(C)C)C1N. The zero-order valence-electron chi connectivity index (χ0n) is 10.7. The van der Waals surface area contributed by atoms with Gasteiger partial charge in [-0.1, -0.05) is 0 Å². The molecule has 0 amide bonds. The van der Waals surface area contributed by atoms with Crippen molar-refractivity contribution in [2.24, 2.45) is 11.1 Å². The molecule has 1 aliphatic rings. The molecular weight excluding hydrogens is 224 g/mol. The average molecular weight is 244 g/mol. The number of nitrogens with zero attached hydrogens (tertiary/aromatic N) is 1. The van der Waals surface area contributed by atoms with E-state index in [1.807, 2.05) is 0 Å². The van der Waals surface area contributed by atoms with Gasteiger partial charge >= 0.3 is 11.9 Å². The number of rotatable bonds is 2. The molecule has 1 saturated heterocycles. The van der Waals surface area contributed by atoms with Crippen molar-refractivity contribution in [3.05, 3.63) is 0 Å². The minimum absolute atomic E-state index is 0.176. The standard InChI is InChI=1S/C11H20N2O4/c1-10(2,3)17-9(16)11(8(14)15)5-6-13(4)7(11)12/h7H,5-6,12H2,1-4H3,(H,14,15). The summed E-state index contributed by atoms with van der Waals surface area (Å²) in [6, 6.07) is 0. The number of carbonyl (C=O) groups excluding carboxylic acids is 1. The molecule has 0 aromatic rings. The molecule has 0 aromatic carbocycles. The van der Waals surface area contributed by atoms with Crippen LogP contribution in [0.5, 0.6) is 0 Å². The number of carboxylic acids is 1. The Morgan fingerprint density at radius 2 is 2.00 bits per heavy atom. The Hall–Kier alpha value is -1.14. The highest BCUT2D eigenvalue weighted by molar-refractivity contribution is 6.00. The molecule has 0 aliphatic carbocycles. The third-order valence-corrected chi connectivity index (χ3v) is 2.98. The number of carbonyl (C=O) groups is 2. The highest BCUT2D eigenvalue weighted by Gasteiger charge is 2.58. The van der Waals surface area contributed by atoms with Crippen LogP contribution < -0.4 is 5.73 Å². The van der Waals surface area contributed by atoms with Crippen LogP contribution in [0.1, 0.15) is 27.2 Å². The summed E-state index contributed by atoms with van der Waals surface area (Å²) in [5.74, 6) is -1.97. The molecule has 0 radical (unpaired) electrons. The van der Waals surface area contributed by atoms with E-state index in [0.29, 0.717) is 6.54 Å². The number of esters is 1. The lowest BCUT2D eigenvalue weighted by Crippen LogP contribution is -2.55. The molecular formula is C11H20N2O4. The smallest absolute Gasteiger partial charge is 0.327 e. The molecule has 2 unspecified atom stereocenters. The molecule has 1 fully saturated rings. The summed E-state index contributed by atoms with van der Waals surface area (Å²) >= 11 is 0. The lowest BCUT2D eigenvalue weighted by Gasteiger charge is -2.31. The molecule has 0 bridgehead atoms. The van der Waals surface area contributed by atoms with Gasteiger partial charge in [0.15, 0.2) is 5.41 Å². The van der Waals surface area contributed by atoms with Gasteiger partial charge in [-0.05, 0) is 34.2 Å². The Balaban J connectivity index is 3.02. The van der Waals surface area contributed by atoms with Gasteiger partial charge in [0.2, 0.25) is 0 Å². The molecule has 3 N–H and O–H groups in total. The summed E-state index contributed by atoms with van der Waals surface area (Å²) < 4.78 is 5.18. The van der Waals surface area contributed by atoms with Crippen molar-refractivity contribution in [1.29, 1.82) is 0 Å². The molecule has 2 atom stereocenters. The first-order valence-corrected chi connectivity index (χ1v) is 5.54. The van der Waals surface area contributed by atoms with Crippen molar-refractivity contribution in [1.82, 2.24) is 4.90 Å². The first-order valence-electron chi connectivity index (χ1n) is 5.54. The predicted octanol–water partition coefficient (Wildman–Crippen LogP) is 0.0194. The fraction of sp³-hybridized carbons (Fsp3) is 0.818. The van der Waals surface area contributed by atoms with Crippen LogP contribution in [-0.4, -0.2) is 47.3 Å². The largest absolute Gasteiger partial charge is 0.480 e. The van der Waals surface area contributed by atoms with Crippen LogP contribution in [-0.2, 0) is 14.3 Å². The monoisotopic (exact) mass is 244 g/mol. The maximum atomic E-state index is 12.1. The van der Waals surface area contributed by atoms with E-state index in [-0.39, 0.29) is 6.42 Å². The second-order valence-corrected chi connectivity index (χ2v) is 5.45. The van der Waals surface area contributed by atoms with Crippen LogP contribution in [0, 0.1) is 5.41 Å². The third-order valence-electron chi connectivity index (χ3n) is 2.98. The van der Waals surface area contributed by atoms with Crippen molar-refractivity contribution in [2.45, 2.75) is 39.0 Å². The Morgan fingerprint density at radius 1 is 1.47 bits per heavy atom. The first-order chi connectivity index (χ1) is 7.61. The summed E-state index contributed by atoms with van der Waals surface area (Å²) in [6.07, 6.45) is -0.676. The number of aliphatic carboxylic acids is 1. The number of likely N-dealkylation sites (tertiary alicyclic amines) is 1. The highest BCUT2D eigenvalue weighted by Crippen LogP contribution is 2.36. The summed E-state index contributed by atoms with van der Waals surface area (Å²) in [5, 5.41) is 9.31. The van der Waals surface area contributed by atoms with E-state index in [0.717, 1.165) is 0 Å². The van der Waals surface area contributed by atoms with Crippen LogP contribution in [0.3, 0.4) is 0 Å². The van der Waals surface area contributed by atoms with Gasteiger partial charge < -0.3 is 15.6 Å². The fourth-order valence-electron chi connectivity index (χ4n) is 1.93. The lowest BCUT2D eigenvalue weighted by molar-refractivity contribution is -0.178. The molecule has 17 heavy (non-hydrogen) atoms. The average Bonchev–Trinajstić information content (AvgIpc) is 2.42. The Morgan fingerprint density at radius 3 is 2.29 bits per heavy atom. The molecule has 0 aromatic heterocycles. The Bertz CT molecular complexity index is 337. The number of nitrogens with two attached hydrogens (primary N) is 1. The quantitative estimate of drug-likeness (QED) is 0.525. The second kappa shape index (κ2) is 4.27. The molecule has 0 saturated carbocycles. The topological polar surface area (TPSA) is 92.9 Å². The summed E-state index contributed by atoms with van der Waals surface area (Å²) in [4.78, 5) is 25.1. The summed E-state index contributed by atoms with van der Waals surface area (Å²) in [5.41, 5.74) is 3.45. The van der Waals surface area contributed by atoms with Crippen LogP contribution in [0.25, 0.3) is 0 Å². The molecule has 1 rings (SSSR count). The van der Waals surface area contributed by atoms with Crippen LogP contribution in [0.2, 0.25) is 0 Å². The zero-order valence-corrected chi connectivity index (χ0v) is 10.7. The maximum absolute atomic E-state index is 12.1. The predicted molar refractivity (Wildman–Crippen MR) is 61.1 cm³/mol. The van der Waals surface area contributed by atoms with Crippen molar-refractivity contribution in [3.8, 4) is 0 Å². The van der Waals surface area contributed by atoms with Gasteiger partial charge in [0.1, 0.15) is 5.60 Å². The first kappa shape index (κ1) is 13.9. The zero-order chi connectivity index (χ0) is 13.4. The number of hydrogen-bond donors (Lipinski definition) is 2. The van der Waals surface area contributed by atoms with E-state index in [9.17, 15) is 14.7 Å². The van der Waals surface area contributed by atoms with Crippen LogP contribution in [0.15, 0.2) is 0 Å². The van der Waals surface area contributed by atoms with Gasteiger partial charge in [-0.25, -0.2) is 0 Å². The normalized spacial score (nSPS) is 30.3. The van der Waals surface area contributed by atoms with E-state index in [4.69, 9.17) is 10.5 Å². The van der Waals surface area contributed by atoms with E-state index >= 15 is 0 Å². The molecule has 6 nitrogen and oxygen atoms in total. The summed E-state index contributed by atoms with van der Waals surface area (Å²) in [6.45, 7) is 5.56. The van der Waals surface area contributed by atoms with Crippen molar-refractivity contribution in [2.75, 3.05) is 13.6 Å². The molecule has 1 heterocycles. The van der Waals surface area contributed by atoms with Gasteiger partial charge in [0.25, 0.3) is 0 Å². The molecule has 0 spiro atoms. The molecule has 98 valence electrons. The number of carboxylic acid groups (broad SMARTS) is 1. The fourth-order valence-corrected chi connectivity index (χ4v) is 1.93. The van der Waals surface area contributed by atoms with Gasteiger partial charge in [-0.2, -0.15) is 0 Å². The van der Waals surface area contributed by atoms with Crippen LogP contribution in [0.4, 0.5) is 0 Å². The Kier molecular flexibility index (Phi) is 3.50. The molecule has 1 aliphatic heterocycles. The van der Waals surface area contributed by atoms with Crippen LogP contribution >= 0.6 is 0 Å². The minimum atomic E-state index is -1.65. The third kappa shape index (κ3) is 2.42. The van der Waals surface area contributed by atoms with Crippen molar-refractivity contribution < 1.29 is 19.4 Å². The number of hydrogen-bond acceptors (Lipinski definition) is 5. The highest BCUT2D eigenvalue weighted by atomic mass is 16.6. The second-order valence-electron chi connectivity index (χ2n) is 5.45. The van der Waals surface area contributed by atoms with E-state index < -0.39 is 29.1 Å². The van der Waals surface area contributed by atoms with Gasteiger partial charge in [-0.3, -0.25) is 14.5 Å². The summed E-state index contributed by atoms with van der Waals surface area (Å²) in [7, 11) is 1.69. The Labute approximate surface area is 101 Å². The van der Waals surface area contributed by atoms with Crippen molar-refractivity contribution >= 4 is 11.9 Å². The van der Waals surface area contributed by atoms with E-state index in [1.165, 1.54) is 0 Å². The van der Waals surface area contributed by atoms with Gasteiger partial charge in [-0.15, -0.1) is 0 Å². The van der Waals surface area contributed by atoms with E-state index in [2.05, 4.69) is 0 Å². The van der Waals surface area contributed by atoms with Crippen molar-refractivity contribution in [3.63, 3.8) is 0 Å². The lowest BCUT2D eigenvalue weighted by atomic mass is 9.84. The van der Waals surface area contributed by atoms with Gasteiger partial charge in [0.05, 0.1) is 6.17 Å². The minimum Gasteiger partial charge on any atom is -0.480 e. The maximum Gasteiger partial charge on any atom is 0.327 e. The van der Waals surface area contributed by atoms with Gasteiger partial charge in [0, 0.05) is 6.54 Å². The number of ether oxygens (including phenoxy) is 1. The van der Waals surface area contributed by atoms with E-state index in [1.54, 1.807) is 32.7 Å². The molecule has 6 heteroatoms.